The highest BCUT2D eigenvalue weighted by atomic mass is 19.1. The van der Waals surface area contributed by atoms with E-state index in [-0.39, 0.29) is 18.0 Å². The zero-order valence-corrected chi connectivity index (χ0v) is 9.75. The van der Waals surface area contributed by atoms with E-state index in [0.29, 0.717) is 19.8 Å². The van der Waals surface area contributed by atoms with Crippen molar-refractivity contribution in [3.8, 4) is 0 Å². The molecule has 1 fully saturated rings. The Morgan fingerprint density at radius 2 is 2.47 bits per heavy atom. The molecule has 0 aliphatic carbocycles. The minimum Gasteiger partial charge on any atom is -0.379 e. The normalized spacial score (nSPS) is 24.3. The van der Waals surface area contributed by atoms with Gasteiger partial charge in [0, 0.05) is 30.8 Å². The van der Waals surface area contributed by atoms with Crippen LogP contribution in [0.5, 0.6) is 0 Å². The first-order chi connectivity index (χ1) is 8.09. The molecule has 2 heterocycles. The summed E-state index contributed by atoms with van der Waals surface area (Å²) in [6.07, 6.45) is 2.63. The van der Waals surface area contributed by atoms with Crippen LogP contribution in [0.1, 0.15) is 18.9 Å². The van der Waals surface area contributed by atoms with Crippen LogP contribution in [0.15, 0.2) is 18.5 Å². The van der Waals surface area contributed by atoms with Crippen molar-refractivity contribution in [2.24, 2.45) is 0 Å². The number of ether oxygens (including phenoxy) is 1. The lowest BCUT2D eigenvalue weighted by Gasteiger charge is -2.30. The summed E-state index contributed by atoms with van der Waals surface area (Å²) in [6, 6.07) is 1.31. The summed E-state index contributed by atoms with van der Waals surface area (Å²) in [6.45, 7) is 3.20. The number of rotatable bonds is 3. The highest BCUT2D eigenvalue weighted by molar-refractivity contribution is 5.20. The van der Waals surface area contributed by atoms with Gasteiger partial charge in [-0.25, -0.2) is 8.78 Å². The number of halogens is 2. The molecule has 2 rings (SSSR count). The Hall–Kier alpha value is -1.07. The van der Waals surface area contributed by atoms with Crippen molar-refractivity contribution in [2.75, 3.05) is 19.8 Å². The molecule has 1 aliphatic heterocycles. The van der Waals surface area contributed by atoms with Crippen LogP contribution in [-0.2, 0) is 10.4 Å². The standard InChI is InChI=1S/C12H16F2N2O/c1-12(14,6-9-8-17-5-4-16-9)10-2-3-15-7-11(10)13/h2-3,7,9,16H,4-6,8H2,1H3. The fraction of sp³-hybridized carbons (Fsp3) is 0.583. The molecule has 5 heteroatoms. The number of hydrogen-bond acceptors (Lipinski definition) is 3. The van der Waals surface area contributed by atoms with Crippen LogP contribution in [0.2, 0.25) is 0 Å². The smallest absolute Gasteiger partial charge is 0.147 e. The molecule has 0 aromatic carbocycles. The second-order valence-electron chi connectivity index (χ2n) is 4.48. The maximum Gasteiger partial charge on any atom is 0.147 e. The zero-order chi connectivity index (χ0) is 12.3. The summed E-state index contributed by atoms with van der Waals surface area (Å²) in [5, 5.41) is 3.16. The number of pyridine rings is 1. The zero-order valence-electron chi connectivity index (χ0n) is 9.75. The number of morpholine rings is 1. The molecule has 17 heavy (non-hydrogen) atoms. The Morgan fingerprint density at radius 1 is 1.65 bits per heavy atom. The molecule has 1 aromatic rings. The first kappa shape index (κ1) is 12.4. The van der Waals surface area contributed by atoms with E-state index >= 15 is 0 Å². The summed E-state index contributed by atoms with van der Waals surface area (Å²) < 4.78 is 33.2. The first-order valence-electron chi connectivity index (χ1n) is 5.69. The van der Waals surface area contributed by atoms with E-state index < -0.39 is 11.5 Å². The quantitative estimate of drug-likeness (QED) is 0.877. The van der Waals surface area contributed by atoms with Gasteiger partial charge in [0.05, 0.1) is 19.4 Å². The van der Waals surface area contributed by atoms with E-state index in [2.05, 4.69) is 10.3 Å². The predicted molar refractivity (Wildman–Crippen MR) is 59.9 cm³/mol. The molecule has 0 saturated carbocycles. The van der Waals surface area contributed by atoms with E-state index in [1.54, 1.807) is 0 Å². The minimum atomic E-state index is -1.72. The molecule has 0 radical (unpaired) electrons. The van der Waals surface area contributed by atoms with Crippen molar-refractivity contribution in [3.05, 3.63) is 29.8 Å². The molecular weight excluding hydrogens is 226 g/mol. The summed E-state index contributed by atoms with van der Waals surface area (Å²) >= 11 is 0. The Morgan fingerprint density at radius 3 is 3.12 bits per heavy atom. The van der Waals surface area contributed by atoms with Gasteiger partial charge in [-0.05, 0) is 13.0 Å². The fourth-order valence-corrected chi connectivity index (χ4v) is 2.12. The molecule has 0 amide bonds. The van der Waals surface area contributed by atoms with Crippen molar-refractivity contribution in [1.29, 1.82) is 0 Å². The lowest BCUT2D eigenvalue weighted by molar-refractivity contribution is 0.0464. The van der Waals surface area contributed by atoms with Crippen LogP contribution in [0.25, 0.3) is 0 Å². The molecule has 1 aliphatic rings. The van der Waals surface area contributed by atoms with Crippen molar-refractivity contribution in [2.45, 2.75) is 25.1 Å². The van der Waals surface area contributed by atoms with Crippen LogP contribution in [0.4, 0.5) is 8.78 Å². The summed E-state index contributed by atoms with van der Waals surface area (Å²) in [7, 11) is 0. The molecule has 2 unspecified atom stereocenters. The molecule has 0 spiro atoms. The first-order valence-corrected chi connectivity index (χ1v) is 5.69. The van der Waals surface area contributed by atoms with Crippen molar-refractivity contribution < 1.29 is 13.5 Å². The second-order valence-corrected chi connectivity index (χ2v) is 4.48. The van der Waals surface area contributed by atoms with Gasteiger partial charge in [0.15, 0.2) is 0 Å². The van der Waals surface area contributed by atoms with Gasteiger partial charge in [0.1, 0.15) is 11.5 Å². The molecular formula is C12H16F2N2O. The lowest BCUT2D eigenvalue weighted by atomic mass is 9.91. The number of aromatic nitrogens is 1. The van der Waals surface area contributed by atoms with Gasteiger partial charge in [-0.2, -0.15) is 0 Å². The Bertz CT molecular complexity index is 379. The third kappa shape index (κ3) is 2.98. The van der Waals surface area contributed by atoms with Crippen molar-refractivity contribution >= 4 is 0 Å². The van der Waals surface area contributed by atoms with Crippen LogP contribution >= 0.6 is 0 Å². The molecule has 1 N–H and O–H groups in total. The molecule has 3 nitrogen and oxygen atoms in total. The van der Waals surface area contributed by atoms with Gasteiger partial charge >= 0.3 is 0 Å². The predicted octanol–water partition coefficient (Wildman–Crippen LogP) is 1.78. The molecule has 2 atom stereocenters. The van der Waals surface area contributed by atoms with Crippen LogP contribution in [0.3, 0.4) is 0 Å². The highest BCUT2D eigenvalue weighted by Gasteiger charge is 2.33. The number of nitrogens with zero attached hydrogens (tertiary/aromatic N) is 1. The Labute approximate surface area is 99.2 Å². The van der Waals surface area contributed by atoms with Crippen LogP contribution < -0.4 is 5.32 Å². The van der Waals surface area contributed by atoms with E-state index in [1.807, 2.05) is 0 Å². The summed E-state index contributed by atoms with van der Waals surface area (Å²) in [4.78, 5) is 3.62. The summed E-state index contributed by atoms with van der Waals surface area (Å²) in [5.41, 5.74) is -1.66. The second kappa shape index (κ2) is 5.06. The van der Waals surface area contributed by atoms with E-state index in [0.717, 1.165) is 6.20 Å². The number of hydrogen-bond donors (Lipinski definition) is 1. The third-order valence-corrected chi connectivity index (χ3v) is 2.96. The van der Waals surface area contributed by atoms with Gasteiger partial charge < -0.3 is 10.1 Å². The van der Waals surface area contributed by atoms with E-state index in [9.17, 15) is 8.78 Å². The van der Waals surface area contributed by atoms with Gasteiger partial charge in [0.25, 0.3) is 0 Å². The monoisotopic (exact) mass is 242 g/mol. The van der Waals surface area contributed by atoms with E-state index in [4.69, 9.17) is 4.74 Å². The average Bonchev–Trinajstić information content (AvgIpc) is 2.30. The Kier molecular flexibility index (Phi) is 3.69. The minimum absolute atomic E-state index is 0.0554. The molecule has 1 saturated heterocycles. The largest absolute Gasteiger partial charge is 0.379 e. The van der Waals surface area contributed by atoms with E-state index in [1.165, 1.54) is 19.2 Å². The highest BCUT2D eigenvalue weighted by Crippen LogP contribution is 2.32. The topological polar surface area (TPSA) is 34.1 Å². The maximum atomic E-state index is 14.5. The van der Waals surface area contributed by atoms with Crippen molar-refractivity contribution in [3.63, 3.8) is 0 Å². The van der Waals surface area contributed by atoms with Gasteiger partial charge in [-0.3, -0.25) is 4.98 Å². The average molecular weight is 242 g/mol. The van der Waals surface area contributed by atoms with Gasteiger partial charge in [0.2, 0.25) is 0 Å². The Balaban J connectivity index is 2.10. The van der Waals surface area contributed by atoms with Crippen LogP contribution in [-0.4, -0.2) is 30.8 Å². The van der Waals surface area contributed by atoms with Gasteiger partial charge in [-0.1, -0.05) is 0 Å². The molecule has 1 aromatic heterocycles. The molecule has 94 valence electrons. The lowest BCUT2D eigenvalue weighted by Crippen LogP contribution is -2.44. The number of nitrogens with one attached hydrogen (secondary N) is 1. The van der Waals surface area contributed by atoms with Crippen LogP contribution in [0, 0.1) is 5.82 Å². The third-order valence-electron chi connectivity index (χ3n) is 2.96. The summed E-state index contributed by atoms with van der Waals surface area (Å²) in [5.74, 6) is -0.603. The number of alkyl halides is 1. The fourth-order valence-electron chi connectivity index (χ4n) is 2.12. The SMILES string of the molecule is CC(F)(CC1COCCN1)c1ccncc1F. The molecule has 0 bridgehead atoms. The van der Waals surface area contributed by atoms with Gasteiger partial charge in [-0.15, -0.1) is 0 Å². The van der Waals surface area contributed by atoms with Crippen molar-refractivity contribution in [1.82, 2.24) is 10.3 Å². The maximum absolute atomic E-state index is 14.5.